The molecule has 1 N–H and O–H groups in total. The summed E-state index contributed by atoms with van der Waals surface area (Å²) in [5, 5.41) is 10.5. The second kappa shape index (κ2) is 6.28. The third kappa shape index (κ3) is 3.83. The number of aliphatic hydroxyl groups is 1. The molecule has 20 heavy (non-hydrogen) atoms. The standard InChI is InChI=1S/C18H29NO/c1-14-7-5-6-8-16(14)17(20)13-19(4)15-9-11-18(2,3)12-10-15/h5-8,15,17,20H,9-13H2,1-4H3. The molecule has 1 atom stereocenters. The van der Waals surface area contributed by atoms with Crippen LogP contribution in [0.4, 0.5) is 0 Å². The van der Waals surface area contributed by atoms with Gasteiger partial charge in [0.25, 0.3) is 0 Å². The molecule has 0 spiro atoms. The van der Waals surface area contributed by atoms with Crippen LogP contribution in [0.5, 0.6) is 0 Å². The minimum atomic E-state index is -0.379. The zero-order valence-electron chi connectivity index (χ0n) is 13.4. The minimum absolute atomic E-state index is 0.379. The molecule has 1 saturated carbocycles. The van der Waals surface area contributed by atoms with Crippen molar-refractivity contribution in [3.63, 3.8) is 0 Å². The van der Waals surface area contributed by atoms with Gasteiger partial charge in [-0.1, -0.05) is 38.1 Å². The highest BCUT2D eigenvalue weighted by atomic mass is 16.3. The summed E-state index contributed by atoms with van der Waals surface area (Å²) in [6.07, 6.45) is 4.72. The molecule has 0 aromatic heterocycles. The Morgan fingerprint density at radius 1 is 1.25 bits per heavy atom. The average Bonchev–Trinajstić information content (AvgIpc) is 2.38. The summed E-state index contributed by atoms with van der Waals surface area (Å²) < 4.78 is 0. The van der Waals surface area contributed by atoms with Crippen LogP contribution in [0.3, 0.4) is 0 Å². The molecule has 0 amide bonds. The lowest BCUT2D eigenvalue weighted by Gasteiger charge is -2.39. The highest BCUT2D eigenvalue weighted by Gasteiger charge is 2.29. The molecule has 0 aliphatic heterocycles. The summed E-state index contributed by atoms with van der Waals surface area (Å²) in [5.74, 6) is 0. The van der Waals surface area contributed by atoms with Gasteiger partial charge in [-0.3, -0.25) is 0 Å². The van der Waals surface area contributed by atoms with E-state index in [1.54, 1.807) is 0 Å². The molecule has 1 fully saturated rings. The Hall–Kier alpha value is -0.860. The highest BCUT2D eigenvalue weighted by molar-refractivity contribution is 5.27. The first-order valence-corrected chi connectivity index (χ1v) is 7.83. The predicted octanol–water partition coefficient (Wildman–Crippen LogP) is 3.93. The van der Waals surface area contributed by atoms with Gasteiger partial charge < -0.3 is 10.0 Å². The Kier molecular flexibility index (Phi) is 4.87. The van der Waals surface area contributed by atoms with Crippen molar-refractivity contribution in [1.82, 2.24) is 4.90 Å². The van der Waals surface area contributed by atoms with Gasteiger partial charge in [-0.05, 0) is 56.2 Å². The van der Waals surface area contributed by atoms with Gasteiger partial charge >= 0.3 is 0 Å². The fourth-order valence-electron chi connectivity index (χ4n) is 3.31. The SMILES string of the molecule is Cc1ccccc1C(O)CN(C)C1CCC(C)(C)CC1. The van der Waals surface area contributed by atoms with Gasteiger partial charge in [0.2, 0.25) is 0 Å². The summed E-state index contributed by atoms with van der Waals surface area (Å²) in [6.45, 7) is 7.54. The van der Waals surface area contributed by atoms with Crippen molar-refractivity contribution in [2.45, 2.75) is 58.6 Å². The Morgan fingerprint density at radius 3 is 2.45 bits per heavy atom. The minimum Gasteiger partial charge on any atom is -0.387 e. The van der Waals surface area contributed by atoms with E-state index < -0.39 is 0 Å². The van der Waals surface area contributed by atoms with Crippen LogP contribution in [-0.2, 0) is 0 Å². The highest BCUT2D eigenvalue weighted by Crippen LogP contribution is 2.37. The van der Waals surface area contributed by atoms with Crippen LogP contribution < -0.4 is 0 Å². The van der Waals surface area contributed by atoms with Crippen molar-refractivity contribution in [3.05, 3.63) is 35.4 Å². The van der Waals surface area contributed by atoms with E-state index in [4.69, 9.17) is 0 Å². The fraction of sp³-hybridized carbons (Fsp3) is 0.667. The van der Waals surface area contributed by atoms with Crippen LogP contribution in [0.15, 0.2) is 24.3 Å². The number of benzene rings is 1. The number of rotatable bonds is 4. The molecule has 1 aliphatic carbocycles. The first-order chi connectivity index (χ1) is 9.39. The van der Waals surface area contributed by atoms with Crippen LogP contribution in [0.1, 0.15) is 56.8 Å². The summed E-state index contributed by atoms with van der Waals surface area (Å²) in [5.41, 5.74) is 2.75. The first-order valence-electron chi connectivity index (χ1n) is 7.83. The lowest BCUT2D eigenvalue weighted by atomic mass is 9.75. The van der Waals surface area contributed by atoms with Crippen LogP contribution in [0.25, 0.3) is 0 Å². The topological polar surface area (TPSA) is 23.5 Å². The second-order valence-electron chi connectivity index (χ2n) is 7.21. The monoisotopic (exact) mass is 275 g/mol. The van der Waals surface area contributed by atoms with Crippen molar-refractivity contribution < 1.29 is 5.11 Å². The molecule has 1 aliphatic rings. The van der Waals surface area contributed by atoms with Crippen LogP contribution in [0.2, 0.25) is 0 Å². The van der Waals surface area contributed by atoms with E-state index in [2.05, 4.69) is 38.8 Å². The Labute approximate surface area is 123 Å². The molecule has 1 aromatic carbocycles. The van der Waals surface area contributed by atoms with E-state index in [1.165, 1.54) is 31.2 Å². The maximum atomic E-state index is 10.5. The van der Waals surface area contributed by atoms with Gasteiger partial charge in [0, 0.05) is 12.6 Å². The number of aliphatic hydroxyl groups excluding tert-OH is 1. The largest absolute Gasteiger partial charge is 0.387 e. The maximum Gasteiger partial charge on any atom is 0.0919 e. The van der Waals surface area contributed by atoms with Crippen molar-refractivity contribution in [3.8, 4) is 0 Å². The van der Waals surface area contributed by atoms with Crippen molar-refractivity contribution >= 4 is 0 Å². The summed E-state index contributed by atoms with van der Waals surface area (Å²) in [6, 6.07) is 8.77. The average molecular weight is 275 g/mol. The molecule has 1 aromatic rings. The third-order valence-corrected chi connectivity index (χ3v) is 4.94. The third-order valence-electron chi connectivity index (χ3n) is 4.94. The molecule has 2 rings (SSSR count). The fourth-order valence-corrected chi connectivity index (χ4v) is 3.31. The van der Waals surface area contributed by atoms with Crippen molar-refractivity contribution in [1.29, 1.82) is 0 Å². The summed E-state index contributed by atoms with van der Waals surface area (Å²) in [7, 11) is 2.16. The Balaban J connectivity index is 1.92. The number of nitrogens with zero attached hydrogens (tertiary/aromatic N) is 1. The molecule has 0 heterocycles. The predicted molar refractivity (Wildman–Crippen MR) is 84.8 cm³/mol. The van der Waals surface area contributed by atoms with E-state index >= 15 is 0 Å². The second-order valence-corrected chi connectivity index (χ2v) is 7.21. The smallest absolute Gasteiger partial charge is 0.0919 e. The molecular weight excluding hydrogens is 246 g/mol. The quantitative estimate of drug-likeness (QED) is 0.900. The van der Waals surface area contributed by atoms with Crippen LogP contribution >= 0.6 is 0 Å². The van der Waals surface area contributed by atoms with Gasteiger partial charge in [-0.2, -0.15) is 0 Å². The van der Waals surface area contributed by atoms with Crippen LogP contribution in [-0.4, -0.2) is 29.6 Å². The van der Waals surface area contributed by atoms with Gasteiger partial charge in [-0.15, -0.1) is 0 Å². The van der Waals surface area contributed by atoms with Crippen LogP contribution in [0, 0.1) is 12.3 Å². The van der Waals surface area contributed by atoms with Gasteiger partial charge in [0.15, 0.2) is 0 Å². The lowest BCUT2D eigenvalue weighted by Crippen LogP contribution is -2.39. The Bertz CT molecular complexity index is 431. The van der Waals surface area contributed by atoms with E-state index in [0.717, 1.165) is 12.1 Å². The normalized spacial score (nSPS) is 21.1. The molecule has 2 heteroatoms. The molecule has 2 nitrogen and oxygen atoms in total. The molecule has 112 valence electrons. The van der Waals surface area contributed by atoms with Crippen molar-refractivity contribution in [2.75, 3.05) is 13.6 Å². The van der Waals surface area contributed by atoms with Gasteiger partial charge in [-0.25, -0.2) is 0 Å². The van der Waals surface area contributed by atoms with E-state index in [-0.39, 0.29) is 6.10 Å². The number of aryl methyl sites for hydroxylation is 1. The first kappa shape index (κ1) is 15.5. The van der Waals surface area contributed by atoms with Gasteiger partial charge in [0.05, 0.1) is 6.10 Å². The maximum absolute atomic E-state index is 10.5. The molecule has 0 saturated heterocycles. The number of hydrogen-bond acceptors (Lipinski definition) is 2. The number of hydrogen-bond donors (Lipinski definition) is 1. The van der Waals surface area contributed by atoms with E-state index in [0.29, 0.717) is 11.5 Å². The lowest BCUT2D eigenvalue weighted by molar-refractivity contribution is 0.0720. The molecular formula is C18H29NO. The summed E-state index contributed by atoms with van der Waals surface area (Å²) in [4.78, 5) is 2.35. The molecule has 1 unspecified atom stereocenters. The van der Waals surface area contributed by atoms with E-state index in [1.807, 2.05) is 18.2 Å². The molecule has 0 bridgehead atoms. The zero-order valence-corrected chi connectivity index (χ0v) is 13.4. The van der Waals surface area contributed by atoms with Crippen molar-refractivity contribution in [2.24, 2.45) is 5.41 Å². The number of likely N-dealkylation sites (N-methyl/N-ethyl adjacent to an activating group) is 1. The Morgan fingerprint density at radius 2 is 1.85 bits per heavy atom. The summed E-state index contributed by atoms with van der Waals surface area (Å²) >= 11 is 0. The van der Waals surface area contributed by atoms with Gasteiger partial charge in [0.1, 0.15) is 0 Å². The zero-order chi connectivity index (χ0) is 14.8. The van der Waals surface area contributed by atoms with E-state index in [9.17, 15) is 5.11 Å². The molecule has 0 radical (unpaired) electrons.